The molecule has 0 spiro atoms. The van der Waals surface area contributed by atoms with E-state index in [9.17, 15) is 8.42 Å². The van der Waals surface area contributed by atoms with E-state index in [2.05, 4.69) is 56.7 Å². The van der Waals surface area contributed by atoms with Crippen molar-refractivity contribution in [1.29, 1.82) is 0 Å². The third-order valence-corrected chi connectivity index (χ3v) is 6.03. The minimum atomic E-state index is -3.34. The molecule has 1 aliphatic rings. The molecule has 1 aromatic heterocycles. The zero-order valence-corrected chi connectivity index (χ0v) is 18.3. The minimum absolute atomic E-state index is 0.463. The lowest BCUT2D eigenvalue weighted by Gasteiger charge is -2.24. The number of allylic oxidation sites excluding steroid dienone is 1. The van der Waals surface area contributed by atoms with Gasteiger partial charge in [-0.1, -0.05) is 42.5 Å². The monoisotopic (exact) mass is 417 g/mol. The highest BCUT2D eigenvalue weighted by Crippen LogP contribution is 2.30. The molecule has 1 fully saturated rings. The van der Waals surface area contributed by atoms with Gasteiger partial charge in [0.15, 0.2) is 5.82 Å². The Morgan fingerprint density at radius 3 is 2.62 bits per heavy atom. The van der Waals surface area contributed by atoms with E-state index in [1.807, 2.05) is 11.5 Å². The number of anilines is 1. The van der Waals surface area contributed by atoms with Gasteiger partial charge in [0.25, 0.3) is 0 Å². The number of aromatic nitrogens is 3. The number of hydrogen-bond donors (Lipinski definition) is 1. The van der Waals surface area contributed by atoms with E-state index in [1.54, 1.807) is 6.92 Å². The molecule has 1 aromatic carbocycles. The average Bonchev–Trinajstić information content (AvgIpc) is 2.89. The molecular formula is C21H31N5O2S. The van der Waals surface area contributed by atoms with E-state index in [0.29, 0.717) is 18.3 Å². The summed E-state index contributed by atoms with van der Waals surface area (Å²) in [6.45, 7) is 10.1. The van der Waals surface area contributed by atoms with Crippen molar-refractivity contribution in [3.63, 3.8) is 0 Å². The first-order valence-electron chi connectivity index (χ1n) is 10.1. The second-order valence-electron chi connectivity index (χ2n) is 8.04. The molecule has 1 aliphatic heterocycles. The molecule has 2 atom stereocenters. The highest BCUT2D eigenvalue weighted by Gasteiger charge is 2.26. The molecule has 1 saturated heterocycles. The van der Waals surface area contributed by atoms with Gasteiger partial charge in [0.2, 0.25) is 16.0 Å². The van der Waals surface area contributed by atoms with Crippen LogP contribution in [0.4, 0.5) is 5.95 Å². The quantitative estimate of drug-likeness (QED) is 0.700. The number of benzene rings is 1. The van der Waals surface area contributed by atoms with Crippen LogP contribution in [0, 0.1) is 0 Å². The summed E-state index contributed by atoms with van der Waals surface area (Å²) in [6, 6.07) is 10.2. The van der Waals surface area contributed by atoms with Crippen LogP contribution in [0.2, 0.25) is 0 Å². The summed E-state index contributed by atoms with van der Waals surface area (Å²) >= 11 is 0. The summed E-state index contributed by atoms with van der Waals surface area (Å²) in [5.74, 6) is 1.94. The smallest absolute Gasteiger partial charge is 0.227 e. The van der Waals surface area contributed by atoms with Crippen LogP contribution in [0.5, 0.6) is 0 Å². The molecule has 7 nitrogen and oxygen atoms in total. The highest BCUT2D eigenvalue weighted by atomic mass is 32.2. The van der Waals surface area contributed by atoms with Crippen molar-refractivity contribution in [3.8, 4) is 0 Å². The first-order valence-corrected chi connectivity index (χ1v) is 12.0. The maximum absolute atomic E-state index is 11.7. The van der Waals surface area contributed by atoms with Gasteiger partial charge in [0, 0.05) is 19.6 Å². The predicted molar refractivity (Wildman–Crippen MR) is 116 cm³/mol. The summed E-state index contributed by atoms with van der Waals surface area (Å²) in [5.41, 5.74) is 2.36. The number of sulfonamides is 1. The van der Waals surface area contributed by atoms with Crippen LogP contribution < -0.4 is 9.62 Å². The molecular weight excluding hydrogens is 386 g/mol. The molecule has 8 heteroatoms. The molecule has 2 heterocycles. The Morgan fingerprint density at radius 1 is 1.24 bits per heavy atom. The number of hydrogen-bond acceptors (Lipinski definition) is 5. The fourth-order valence-electron chi connectivity index (χ4n) is 4.01. The summed E-state index contributed by atoms with van der Waals surface area (Å²) in [5, 5.41) is 8.79. The van der Waals surface area contributed by atoms with E-state index < -0.39 is 16.1 Å². The van der Waals surface area contributed by atoms with Crippen LogP contribution in [-0.4, -0.2) is 42.5 Å². The van der Waals surface area contributed by atoms with Gasteiger partial charge in [0.05, 0.1) is 12.3 Å². The van der Waals surface area contributed by atoms with Gasteiger partial charge in [-0.15, -0.1) is 10.2 Å². The Hall–Kier alpha value is -2.19. The van der Waals surface area contributed by atoms with Gasteiger partial charge in [0.1, 0.15) is 0 Å². The summed E-state index contributed by atoms with van der Waals surface area (Å²) < 4.78 is 28.0. The zero-order chi connectivity index (χ0) is 21.0. The minimum Gasteiger partial charge on any atom is -0.341 e. The SMILES string of the molecule is C=C(C)Cn1c(C(C)NS(C)(=O)=O)nnc1N1CCCC(c2ccccc2)CC1. The van der Waals surface area contributed by atoms with Crippen LogP contribution in [-0.2, 0) is 16.6 Å². The maximum Gasteiger partial charge on any atom is 0.227 e. The average molecular weight is 418 g/mol. The molecule has 0 amide bonds. The topological polar surface area (TPSA) is 80.1 Å². The number of nitrogens with one attached hydrogen (secondary N) is 1. The van der Waals surface area contributed by atoms with E-state index in [1.165, 1.54) is 5.56 Å². The first-order chi connectivity index (χ1) is 13.7. The van der Waals surface area contributed by atoms with Crippen molar-refractivity contribution < 1.29 is 8.42 Å². The standard InChI is InChI=1S/C21H31N5O2S/c1-16(2)15-26-20(17(3)24-29(4,27)28)22-23-21(26)25-13-8-11-19(12-14-25)18-9-6-5-7-10-18/h5-7,9-10,17,19,24H,1,8,11-15H2,2-4H3. The lowest BCUT2D eigenvalue weighted by Crippen LogP contribution is -2.30. The Balaban J connectivity index is 1.83. The lowest BCUT2D eigenvalue weighted by atomic mass is 9.92. The highest BCUT2D eigenvalue weighted by molar-refractivity contribution is 7.88. The molecule has 29 heavy (non-hydrogen) atoms. The second kappa shape index (κ2) is 9.09. The molecule has 2 unspecified atom stereocenters. The van der Waals surface area contributed by atoms with Crippen LogP contribution in [0.1, 0.15) is 56.5 Å². The van der Waals surface area contributed by atoms with Gasteiger partial charge in [-0.3, -0.25) is 4.57 Å². The van der Waals surface area contributed by atoms with Crippen molar-refractivity contribution in [3.05, 3.63) is 53.9 Å². The number of rotatable bonds is 7. The van der Waals surface area contributed by atoms with Crippen LogP contribution >= 0.6 is 0 Å². The Bertz CT molecular complexity index is 939. The van der Waals surface area contributed by atoms with Gasteiger partial charge in [-0.25, -0.2) is 13.1 Å². The molecule has 1 N–H and O–H groups in total. The van der Waals surface area contributed by atoms with E-state index >= 15 is 0 Å². The molecule has 0 bridgehead atoms. The van der Waals surface area contributed by atoms with Crippen molar-refractivity contribution in [2.45, 2.75) is 51.6 Å². The van der Waals surface area contributed by atoms with Crippen molar-refractivity contribution in [1.82, 2.24) is 19.5 Å². The van der Waals surface area contributed by atoms with Crippen molar-refractivity contribution in [2.75, 3.05) is 24.2 Å². The normalized spacial score (nSPS) is 19.0. The first kappa shape index (κ1) is 21.5. The Labute approximate surface area is 173 Å². The Morgan fingerprint density at radius 2 is 1.97 bits per heavy atom. The van der Waals surface area contributed by atoms with E-state index in [4.69, 9.17) is 0 Å². The van der Waals surface area contributed by atoms with Gasteiger partial charge >= 0.3 is 0 Å². The molecule has 0 radical (unpaired) electrons. The number of nitrogens with zero attached hydrogens (tertiary/aromatic N) is 4. The predicted octanol–water partition coefficient (Wildman–Crippen LogP) is 3.24. The fourth-order valence-corrected chi connectivity index (χ4v) is 4.76. The van der Waals surface area contributed by atoms with Crippen molar-refractivity contribution in [2.24, 2.45) is 0 Å². The van der Waals surface area contributed by atoms with Gasteiger partial charge in [-0.2, -0.15) is 0 Å². The summed E-state index contributed by atoms with van der Waals surface area (Å²) in [4.78, 5) is 2.27. The fraction of sp³-hybridized carbons (Fsp3) is 0.524. The van der Waals surface area contributed by atoms with Crippen molar-refractivity contribution >= 4 is 16.0 Å². The summed E-state index contributed by atoms with van der Waals surface area (Å²) in [6.07, 6.45) is 4.43. The third kappa shape index (κ3) is 5.67. The summed E-state index contributed by atoms with van der Waals surface area (Å²) in [7, 11) is -3.34. The second-order valence-corrected chi connectivity index (χ2v) is 9.82. The molecule has 0 saturated carbocycles. The molecule has 2 aromatic rings. The van der Waals surface area contributed by atoms with Gasteiger partial charge in [-0.05, 0) is 44.6 Å². The van der Waals surface area contributed by atoms with E-state index in [-0.39, 0.29) is 0 Å². The Kier molecular flexibility index (Phi) is 6.74. The van der Waals surface area contributed by atoms with Crippen LogP contribution in [0.3, 0.4) is 0 Å². The lowest BCUT2D eigenvalue weighted by molar-refractivity contribution is 0.552. The molecule has 0 aliphatic carbocycles. The molecule has 158 valence electrons. The van der Waals surface area contributed by atoms with E-state index in [0.717, 1.165) is 50.1 Å². The molecule has 3 rings (SSSR count). The van der Waals surface area contributed by atoms with Crippen LogP contribution in [0.15, 0.2) is 42.5 Å². The third-order valence-electron chi connectivity index (χ3n) is 5.25. The van der Waals surface area contributed by atoms with Gasteiger partial charge < -0.3 is 4.90 Å². The maximum atomic E-state index is 11.7. The van der Waals surface area contributed by atoms with Crippen LogP contribution in [0.25, 0.3) is 0 Å². The largest absolute Gasteiger partial charge is 0.341 e. The zero-order valence-electron chi connectivity index (χ0n) is 17.5.